The second-order valence-electron chi connectivity index (χ2n) is 4.42. The van der Waals surface area contributed by atoms with Crippen LogP contribution in [0.5, 0.6) is 0 Å². The van der Waals surface area contributed by atoms with Gasteiger partial charge >= 0.3 is 0 Å². The van der Waals surface area contributed by atoms with Crippen LogP contribution >= 0.6 is 0 Å². The minimum absolute atomic E-state index is 0.326. The van der Waals surface area contributed by atoms with Crippen molar-refractivity contribution in [2.24, 2.45) is 0 Å². The van der Waals surface area contributed by atoms with Gasteiger partial charge < -0.3 is 0 Å². The zero-order valence-corrected chi connectivity index (χ0v) is 10.6. The lowest BCUT2D eigenvalue weighted by atomic mass is 9.96. The van der Waals surface area contributed by atoms with Crippen LogP contribution in [0, 0.1) is 11.3 Å². The van der Waals surface area contributed by atoms with Crippen LogP contribution in [0.15, 0.2) is 54.7 Å². The van der Waals surface area contributed by atoms with Crippen molar-refractivity contribution in [1.82, 2.24) is 4.98 Å². The van der Waals surface area contributed by atoms with E-state index in [9.17, 15) is 10.1 Å². The lowest BCUT2D eigenvalue weighted by Gasteiger charge is -2.08. The molecule has 1 heterocycles. The summed E-state index contributed by atoms with van der Waals surface area (Å²) in [5.74, 6) is 0. The molecule has 20 heavy (non-hydrogen) atoms. The van der Waals surface area contributed by atoms with Crippen LogP contribution in [0.25, 0.3) is 21.9 Å². The number of pyridine rings is 1. The largest absolute Gasteiger partial charge is 0.298 e. The summed E-state index contributed by atoms with van der Waals surface area (Å²) in [5, 5.41) is 11.3. The Morgan fingerprint density at radius 2 is 1.85 bits per heavy atom. The molecule has 3 aromatic rings. The molecule has 0 unspecified atom stereocenters. The topological polar surface area (TPSA) is 53.8 Å². The molecule has 0 N–H and O–H groups in total. The first-order chi connectivity index (χ1) is 9.83. The van der Waals surface area contributed by atoms with E-state index in [1.54, 1.807) is 6.07 Å². The summed E-state index contributed by atoms with van der Waals surface area (Å²) < 4.78 is 0. The molecule has 0 fully saturated rings. The monoisotopic (exact) mass is 258 g/mol. The lowest BCUT2D eigenvalue weighted by molar-refractivity contribution is 0.112. The SMILES string of the molecule is N#Cc1ncc(C=O)cc1-c1cccc2ccccc12. The van der Waals surface area contributed by atoms with E-state index in [0.717, 1.165) is 22.6 Å². The van der Waals surface area contributed by atoms with E-state index in [0.29, 0.717) is 16.8 Å². The molecular weight excluding hydrogens is 248 g/mol. The van der Waals surface area contributed by atoms with Gasteiger partial charge in [0.15, 0.2) is 6.29 Å². The van der Waals surface area contributed by atoms with Crippen LogP contribution in [0.3, 0.4) is 0 Å². The summed E-state index contributed by atoms with van der Waals surface area (Å²) in [4.78, 5) is 15.0. The van der Waals surface area contributed by atoms with Crippen LogP contribution in [0.1, 0.15) is 16.1 Å². The highest BCUT2D eigenvalue weighted by Crippen LogP contribution is 2.30. The standard InChI is InChI=1S/C17H10N2O/c18-9-17-16(8-12(11-20)10-19-17)15-7-3-5-13-4-1-2-6-14(13)15/h1-8,10-11H. The lowest BCUT2D eigenvalue weighted by Crippen LogP contribution is -1.93. The molecule has 0 spiro atoms. The predicted molar refractivity (Wildman–Crippen MR) is 77.3 cm³/mol. The smallest absolute Gasteiger partial charge is 0.151 e. The minimum atomic E-state index is 0.326. The van der Waals surface area contributed by atoms with Crippen molar-refractivity contribution in [3.05, 3.63) is 66.0 Å². The van der Waals surface area contributed by atoms with Gasteiger partial charge in [0, 0.05) is 17.3 Å². The van der Waals surface area contributed by atoms with Crippen molar-refractivity contribution in [1.29, 1.82) is 5.26 Å². The number of aromatic nitrogens is 1. The van der Waals surface area contributed by atoms with Gasteiger partial charge in [0.05, 0.1) is 0 Å². The maximum Gasteiger partial charge on any atom is 0.151 e. The molecule has 0 atom stereocenters. The number of rotatable bonds is 2. The first-order valence-electron chi connectivity index (χ1n) is 6.17. The fourth-order valence-electron chi connectivity index (χ4n) is 2.30. The van der Waals surface area contributed by atoms with Crippen LogP contribution in [-0.2, 0) is 0 Å². The van der Waals surface area contributed by atoms with Gasteiger partial charge in [0.1, 0.15) is 11.8 Å². The number of aldehydes is 1. The van der Waals surface area contributed by atoms with Crippen molar-refractivity contribution >= 4 is 17.1 Å². The van der Waals surface area contributed by atoms with E-state index in [-0.39, 0.29) is 0 Å². The van der Waals surface area contributed by atoms with Gasteiger partial charge in [-0.3, -0.25) is 4.79 Å². The van der Waals surface area contributed by atoms with Crippen molar-refractivity contribution in [3.63, 3.8) is 0 Å². The molecule has 2 aromatic carbocycles. The number of benzene rings is 2. The number of nitrogens with zero attached hydrogens (tertiary/aromatic N) is 2. The van der Waals surface area contributed by atoms with E-state index < -0.39 is 0 Å². The molecule has 0 saturated heterocycles. The average Bonchev–Trinajstić information content (AvgIpc) is 2.53. The van der Waals surface area contributed by atoms with Gasteiger partial charge in [-0.25, -0.2) is 4.98 Å². The number of hydrogen-bond acceptors (Lipinski definition) is 3. The molecule has 1 aromatic heterocycles. The minimum Gasteiger partial charge on any atom is -0.298 e. The maximum absolute atomic E-state index is 10.9. The summed E-state index contributed by atoms with van der Waals surface area (Å²) in [5.41, 5.74) is 2.39. The molecule has 0 saturated carbocycles. The summed E-state index contributed by atoms with van der Waals surface area (Å²) >= 11 is 0. The Kier molecular flexibility index (Phi) is 2.98. The Morgan fingerprint density at radius 1 is 1.05 bits per heavy atom. The first-order valence-corrected chi connectivity index (χ1v) is 6.17. The number of fused-ring (bicyclic) bond motifs is 1. The van der Waals surface area contributed by atoms with Crippen molar-refractivity contribution < 1.29 is 4.79 Å². The summed E-state index contributed by atoms with van der Waals surface area (Å²) in [6.45, 7) is 0. The van der Waals surface area contributed by atoms with Gasteiger partial charge in [0.2, 0.25) is 0 Å². The van der Waals surface area contributed by atoms with Gasteiger partial charge in [-0.15, -0.1) is 0 Å². The van der Waals surface area contributed by atoms with E-state index in [2.05, 4.69) is 11.1 Å². The summed E-state index contributed by atoms with van der Waals surface area (Å²) in [6, 6.07) is 17.6. The molecule has 94 valence electrons. The molecule has 0 aliphatic carbocycles. The van der Waals surface area contributed by atoms with Crippen molar-refractivity contribution in [3.8, 4) is 17.2 Å². The Bertz CT molecular complexity index is 842. The molecular formula is C17H10N2O. The van der Waals surface area contributed by atoms with Crippen LogP contribution in [0.4, 0.5) is 0 Å². The van der Waals surface area contributed by atoms with Crippen molar-refractivity contribution in [2.75, 3.05) is 0 Å². The normalized spacial score (nSPS) is 10.2. The second kappa shape index (κ2) is 4.94. The molecule has 0 radical (unpaired) electrons. The maximum atomic E-state index is 10.9. The Labute approximate surface area is 116 Å². The highest BCUT2D eigenvalue weighted by Gasteiger charge is 2.10. The number of nitriles is 1. The summed E-state index contributed by atoms with van der Waals surface area (Å²) in [7, 11) is 0. The number of hydrogen-bond donors (Lipinski definition) is 0. The van der Waals surface area contributed by atoms with E-state index in [1.807, 2.05) is 42.5 Å². The fraction of sp³-hybridized carbons (Fsp3) is 0. The van der Waals surface area contributed by atoms with Crippen LogP contribution in [0.2, 0.25) is 0 Å². The molecule has 3 rings (SSSR count). The molecule has 0 amide bonds. The van der Waals surface area contributed by atoms with Crippen molar-refractivity contribution in [2.45, 2.75) is 0 Å². The quantitative estimate of drug-likeness (QED) is 0.660. The molecule has 0 aliphatic rings. The zero-order valence-electron chi connectivity index (χ0n) is 10.6. The number of carbonyl (C=O) groups is 1. The van der Waals surface area contributed by atoms with E-state index in [4.69, 9.17) is 0 Å². The zero-order chi connectivity index (χ0) is 13.9. The van der Waals surface area contributed by atoms with Gasteiger partial charge in [-0.05, 0) is 22.4 Å². The second-order valence-corrected chi connectivity index (χ2v) is 4.42. The molecule has 3 heteroatoms. The Hall–Kier alpha value is -2.99. The van der Waals surface area contributed by atoms with E-state index in [1.165, 1.54) is 6.20 Å². The molecule has 3 nitrogen and oxygen atoms in total. The Balaban J connectivity index is 2.36. The van der Waals surface area contributed by atoms with Gasteiger partial charge in [0.25, 0.3) is 0 Å². The predicted octanol–water partition coefficient (Wildman–Crippen LogP) is 3.59. The van der Waals surface area contributed by atoms with Crippen LogP contribution < -0.4 is 0 Å². The average molecular weight is 258 g/mol. The van der Waals surface area contributed by atoms with Gasteiger partial charge in [-0.1, -0.05) is 42.5 Å². The first kappa shape index (κ1) is 12.1. The number of carbonyl (C=O) groups excluding carboxylic acids is 1. The van der Waals surface area contributed by atoms with E-state index >= 15 is 0 Å². The summed E-state index contributed by atoms with van der Waals surface area (Å²) in [6.07, 6.45) is 2.16. The van der Waals surface area contributed by atoms with Gasteiger partial charge in [-0.2, -0.15) is 5.26 Å². The highest BCUT2D eigenvalue weighted by atomic mass is 16.1. The molecule has 0 aliphatic heterocycles. The third-order valence-electron chi connectivity index (χ3n) is 3.23. The fourth-order valence-corrected chi connectivity index (χ4v) is 2.30. The Morgan fingerprint density at radius 3 is 2.65 bits per heavy atom. The molecule has 0 bridgehead atoms. The highest BCUT2D eigenvalue weighted by molar-refractivity contribution is 5.98. The third-order valence-corrected chi connectivity index (χ3v) is 3.23. The van der Waals surface area contributed by atoms with Crippen LogP contribution in [-0.4, -0.2) is 11.3 Å². The third kappa shape index (κ3) is 1.94.